The summed E-state index contributed by atoms with van der Waals surface area (Å²) in [5.74, 6) is -6.71. The molecule has 1 saturated carbocycles. The van der Waals surface area contributed by atoms with Crippen LogP contribution in [0.2, 0.25) is 0 Å². The summed E-state index contributed by atoms with van der Waals surface area (Å²) in [5, 5.41) is 107. The van der Waals surface area contributed by atoms with Crippen LogP contribution in [-0.4, -0.2) is 225 Å². The molecular weight excluding hydrogens is 1120 g/mol. The standard InChI is InChI=1S/C56H68F3N7O18/c1-3-11-37(52(75)64-16-10-17-64)79-50-45(71)40(25-68)82-56(51(50)83-53(76)30-14-8-5-9-15-30)80-38-19-28(18-36(65-22-34(60-62-65)29-12-6-4-7-13-29)49(38)84-55-48(74)47(73)43(69)27(2)78-55)26-77-54-46(72)42(44(70)39(24-67)81-54)66-23-35(61-63-66)31-20-32(57)41(59)33(58)21-31/h4-9,12-15,20-23,27-28,36-40,42-51,54-56,67-74H,3,10-11,16-19,24-26H2,1-2H3/t27?,28?,36?,37-,38+,39?,40?,42?,43+,44+,45-,46?,47?,48?,49?,50?,51?,54-,55-,56+/m0/s1. The number of halogens is 3. The molecule has 1 amide bonds. The number of rotatable bonds is 20. The number of hydrogen-bond donors (Lipinski definition) is 8. The third-order valence-electron chi connectivity index (χ3n) is 16.0. The van der Waals surface area contributed by atoms with Crippen LogP contribution in [0.5, 0.6) is 0 Å². The third kappa shape index (κ3) is 12.9. The molecule has 8 N–H and O–H groups in total. The fraction of sp³-hybridized carbons (Fsp3) is 0.571. The van der Waals surface area contributed by atoms with E-state index >= 15 is 0 Å². The molecule has 0 bridgehead atoms. The van der Waals surface area contributed by atoms with Gasteiger partial charge in [0.05, 0.1) is 56.0 Å². The molecule has 5 fully saturated rings. The summed E-state index contributed by atoms with van der Waals surface area (Å²) in [5.41, 5.74) is 0.779. The van der Waals surface area contributed by atoms with Crippen molar-refractivity contribution < 1.29 is 102 Å². The van der Waals surface area contributed by atoms with Crippen LogP contribution >= 0.6 is 0 Å². The Morgan fingerprint density at radius 3 is 1.98 bits per heavy atom. The van der Waals surface area contributed by atoms with Crippen LogP contribution in [0.15, 0.2) is 85.2 Å². The van der Waals surface area contributed by atoms with Gasteiger partial charge in [-0.15, -0.1) is 10.2 Å². The first-order valence-electron chi connectivity index (χ1n) is 27.9. The molecule has 2 aromatic heterocycles. The largest absolute Gasteiger partial charge is 0.450 e. The number of carbonyl (C=O) groups is 2. The van der Waals surface area contributed by atoms with E-state index in [1.165, 1.54) is 23.7 Å². The molecule has 84 heavy (non-hydrogen) atoms. The summed E-state index contributed by atoms with van der Waals surface area (Å²) in [6.07, 6.45) is -22.4. The van der Waals surface area contributed by atoms with Crippen LogP contribution in [0.1, 0.15) is 68.4 Å². The molecule has 4 saturated heterocycles. The van der Waals surface area contributed by atoms with Crippen molar-refractivity contribution >= 4 is 11.9 Å². The Kier molecular flexibility index (Phi) is 19.5. The van der Waals surface area contributed by atoms with Gasteiger partial charge in [-0.05, 0) is 62.8 Å². The highest BCUT2D eigenvalue weighted by Gasteiger charge is 2.55. The first-order valence-corrected chi connectivity index (χ1v) is 27.9. The van der Waals surface area contributed by atoms with Crippen molar-refractivity contribution in [3.8, 4) is 22.5 Å². The summed E-state index contributed by atoms with van der Waals surface area (Å²) in [6.45, 7) is 2.30. The molecule has 5 aromatic rings. The maximum atomic E-state index is 14.3. The molecule has 456 valence electrons. The molecule has 0 spiro atoms. The number of aliphatic hydroxyl groups is 8. The molecule has 4 aliphatic heterocycles. The topological polar surface area (TPSA) is 334 Å². The minimum atomic E-state index is -1.85. The summed E-state index contributed by atoms with van der Waals surface area (Å²) in [7, 11) is 0. The predicted octanol–water partition coefficient (Wildman–Crippen LogP) is 0.957. The zero-order valence-electron chi connectivity index (χ0n) is 45.6. The predicted molar refractivity (Wildman–Crippen MR) is 280 cm³/mol. The Bertz CT molecular complexity index is 2970. The van der Waals surface area contributed by atoms with Gasteiger partial charge in [0.2, 0.25) is 0 Å². The van der Waals surface area contributed by atoms with E-state index in [1.807, 2.05) is 13.0 Å². The van der Waals surface area contributed by atoms with Crippen molar-refractivity contribution in [2.24, 2.45) is 5.92 Å². The van der Waals surface area contributed by atoms with Gasteiger partial charge in [0.25, 0.3) is 5.91 Å². The molecule has 0 radical (unpaired) electrons. The van der Waals surface area contributed by atoms with E-state index in [9.17, 15) is 63.6 Å². The van der Waals surface area contributed by atoms with Gasteiger partial charge in [0, 0.05) is 24.2 Å². The summed E-state index contributed by atoms with van der Waals surface area (Å²) < 4.78 is 96.0. The molecule has 12 unspecified atom stereocenters. The lowest BCUT2D eigenvalue weighted by atomic mass is 9.81. The highest BCUT2D eigenvalue weighted by molar-refractivity contribution is 5.89. The highest BCUT2D eigenvalue weighted by atomic mass is 19.2. The maximum Gasteiger partial charge on any atom is 0.338 e. The number of benzene rings is 3. The van der Waals surface area contributed by atoms with Crippen molar-refractivity contribution in [1.29, 1.82) is 0 Å². The quantitative estimate of drug-likeness (QED) is 0.0397. The summed E-state index contributed by atoms with van der Waals surface area (Å²) in [6, 6.07) is 15.8. The molecule has 3 aromatic carbocycles. The smallest absolute Gasteiger partial charge is 0.338 e. The van der Waals surface area contributed by atoms with Gasteiger partial charge in [-0.25, -0.2) is 27.3 Å². The molecule has 1 aliphatic carbocycles. The second-order valence-electron chi connectivity index (χ2n) is 21.7. The maximum absolute atomic E-state index is 14.3. The normalized spacial score (nSPS) is 34.0. The van der Waals surface area contributed by atoms with Crippen LogP contribution in [0, 0.1) is 23.4 Å². The number of hydrogen-bond acceptors (Lipinski definition) is 22. The molecular formula is C56H68F3N7O18. The summed E-state index contributed by atoms with van der Waals surface area (Å²) >= 11 is 0. The lowest BCUT2D eigenvalue weighted by Gasteiger charge is -2.49. The zero-order chi connectivity index (χ0) is 59.5. The van der Waals surface area contributed by atoms with E-state index in [1.54, 1.807) is 53.6 Å². The number of ether oxygens (including phenoxy) is 8. The van der Waals surface area contributed by atoms with Gasteiger partial charge in [0.1, 0.15) is 84.6 Å². The Morgan fingerprint density at radius 1 is 0.690 bits per heavy atom. The van der Waals surface area contributed by atoms with Crippen molar-refractivity contribution in [2.75, 3.05) is 32.9 Å². The fourth-order valence-electron chi connectivity index (χ4n) is 11.3. The molecule has 28 heteroatoms. The molecule has 10 rings (SSSR count). The van der Waals surface area contributed by atoms with Gasteiger partial charge in [-0.1, -0.05) is 72.3 Å². The van der Waals surface area contributed by atoms with Gasteiger partial charge >= 0.3 is 5.97 Å². The Labute approximate surface area is 478 Å². The first-order chi connectivity index (χ1) is 40.5. The minimum Gasteiger partial charge on any atom is -0.450 e. The van der Waals surface area contributed by atoms with E-state index < -0.39 is 159 Å². The average molecular weight is 1180 g/mol. The SMILES string of the molecule is CCC[C@H](OC1C(OC(=O)c2ccccc2)[C@H](O[C@@H]2CC(CO[C@H]3OC(CO)[C@@H](O)C(n4cc(-c5cc(F)c(F)c(F)c5)nn4)C3O)CC(n3cc(-c4ccccc4)nn3)C2O[C@@H]2OC(C)[C@@H](O)C(O)C2O)OC(CO)[C@@H]1O)C(=O)N1CCC1. The van der Waals surface area contributed by atoms with Crippen molar-refractivity contribution in [3.05, 3.63) is 108 Å². The second kappa shape index (κ2) is 26.8. The van der Waals surface area contributed by atoms with Crippen LogP contribution in [0.4, 0.5) is 13.2 Å². The molecule has 5 aliphatic rings. The first kappa shape index (κ1) is 61.2. The summed E-state index contributed by atoms with van der Waals surface area (Å²) in [4.78, 5) is 29.8. The van der Waals surface area contributed by atoms with Gasteiger partial charge in [-0.3, -0.25) is 4.79 Å². The fourth-order valence-corrected chi connectivity index (χ4v) is 11.3. The Morgan fingerprint density at radius 2 is 1.32 bits per heavy atom. The molecule has 25 nitrogen and oxygen atoms in total. The van der Waals surface area contributed by atoms with Crippen molar-refractivity contribution in [2.45, 2.75) is 162 Å². The lowest BCUT2D eigenvalue weighted by Crippen LogP contribution is -2.64. The van der Waals surface area contributed by atoms with Gasteiger partial charge in [0.15, 0.2) is 42.4 Å². The van der Waals surface area contributed by atoms with Crippen LogP contribution < -0.4 is 0 Å². The average Bonchev–Trinajstić information content (AvgIpc) is 2.87. The number of amides is 1. The van der Waals surface area contributed by atoms with Crippen LogP contribution in [0.3, 0.4) is 0 Å². The number of likely N-dealkylation sites (tertiary alicyclic amines) is 1. The minimum absolute atomic E-state index is 0.0418. The number of carbonyl (C=O) groups excluding carboxylic acids is 2. The van der Waals surface area contributed by atoms with Crippen molar-refractivity contribution in [1.82, 2.24) is 34.9 Å². The van der Waals surface area contributed by atoms with E-state index in [-0.39, 0.29) is 48.6 Å². The van der Waals surface area contributed by atoms with Crippen molar-refractivity contribution in [3.63, 3.8) is 0 Å². The zero-order valence-corrected chi connectivity index (χ0v) is 45.6. The van der Waals surface area contributed by atoms with E-state index in [0.29, 0.717) is 42.9 Å². The Hall–Kier alpha value is -5.93. The lowest BCUT2D eigenvalue weighted by molar-refractivity contribution is -0.350. The van der Waals surface area contributed by atoms with E-state index in [0.717, 1.165) is 17.3 Å². The van der Waals surface area contributed by atoms with Gasteiger partial charge in [-0.2, -0.15) is 0 Å². The Balaban J connectivity index is 1.02. The second-order valence-corrected chi connectivity index (χ2v) is 21.7. The number of aliphatic hydroxyl groups excluding tert-OH is 8. The number of esters is 1. The molecule has 20 atom stereocenters. The molecule has 6 heterocycles. The van der Waals surface area contributed by atoms with E-state index in [4.69, 9.17) is 37.9 Å². The van der Waals surface area contributed by atoms with Gasteiger partial charge < -0.3 is 83.6 Å². The van der Waals surface area contributed by atoms with E-state index in [2.05, 4.69) is 20.6 Å². The monoisotopic (exact) mass is 1180 g/mol. The highest BCUT2D eigenvalue weighted by Crippen LogP contribution is 2.42. The third-order valence-corrected chi connectivity index (χ3v) is 16.0. The van der Waals surface area contributed by atoms with Crippen LogP contribution in [-0.2, 0) is 42.7 Å². The number of aromatic nitrogens is 6. The van der Waals surface area contributed by atoms with Crippen LogP contribution in [0.25, 0.3) is 22.5 Å². The number of nitrogens with zero attached hydrogens (tertiary/aromatic N) is 7.